The van der Waals surface area contributed by atoms with E-state index in [4.69, 9.17) is 4.74 Å². The average molecular weight is 385 g/mol. The zero-order chi connectivity index (χ0) is 19.2. The molecule has 0 bridgehead atoms. The fraction of sp³-hybridized carbons (Fsp3) is 0.211. The topological polar surface area (TPSA) is 90.4 Å². The first kappa shape index (κ1) is 18.9. The van der Waals surface area contributed by atoms with Crippen LogP contribution in [0, 0.1) is 10.1 Å². The molecule has 2 aromatic carbocycles. The largest absolute Gasteiger partial charge is 0.497 e. The third-order valence-electron chi connectivity index (χ3n) is 3.98. The molecule has 0 aliphatic rings. The highest BCUT2D eigenvalue weighted by Gasteiger charge is 2.10. The number of methoxy groups -OCH3 is 1. The minimum absolute atomic E-state index is 0.0762. The van der Waals surface area contributed by atoms with Gasteiger partial charge in [-0.2, -0.15) is 0 Å². The number of aliphatic hydroxyl groups excluding tert-OH is 1. The monoisotopic (exact) mass is 385 g/mol. The molecule has 0 saturated heterocycles. The quantitative estimate of drug-likeness (QED) is 0.362. The van der Waals surface area contributed by atoms with Crippen molar-refractivity contribution < 1.29 is 14.8 Å². The van der Waals surface area contributed by atoms with Gasteiger partial charge in [0.25, 0.3) is 5.69 Å². The third-order valence-corrected chi connectivity index (χ3v) is 5.04. The highest BCUT2D eigenvalue weighted by Crippen LogP contribution is 2.25. The van der Waals surface area contributed by atoms with Crippen molar-refractivity contribution >= 4 is 17.4 Å². The van der Waals surface area contributed by atoms with Crippen molar-refractivity contribution in [3.8, 4) is 5.75 Å². The molecule has 0 unspecified atom stereocenters. The van der Waals surface area contributed by atoms with E-state index < -0.39 is 4.92 Å². The lowest BCUT2D eigenvalue weighted by Gasteiger charge is -2.08. The van der Waals surface area contributed by atoms with Crippen molar-refractivity contribution in [1.29, 1.82) is 0 Å². The number of rotatable bonds is 8. The van der Waals surface area contributed by atoms with Crippen molar-refractivity contribution in [2.75, 3.05) is 7.11 Å². The molecule has 1 aromatic heterocycles. The maximum atomic E-state index is 10.7. The maximum absolute atomic E-state index is 10.7. The van der Waals surface area contributed by atoms with E-state index in [1.54, 1.807) is 19.2 Å². The summed E-state index contributed by atoms with van der Waals surface area (Å²) in [5.41, 5.74) is 2.74. The zero-order valence-electron chi connectivity index (χ0n) is 14.7. The van der Waals surface area contributed by atoms with Gasteiger partial charge in [-0.25, -0.2) is 4.98 Å². The Balaban J connectivity index is 1.72. The second kappa shape index (κ2) is 8.70. The van der Waals surface area contributed by atoms with E-state index in [-0.39, 0.29) is 12.3 Å². The van der Waals surface area contributed by atoms with Crippen LogP contribution in [0.15, 0.2) is 59.9 Å². The highest BCUT2D eigenvalue weighted by molar-refractivity contribution is 7.98. The van der Waals surface area contributed by atoms with E-state index in [0.717, 1.165) is 22.0 Å². The molecule has 0 amide bonds. The molecule has 0 aliphatic carbocycles. The molecular weight excluding hydrogens is 366 g/mol. The SMILES string of the molecule is COc1ccc(Cn2cc(CO)nc2SCc2ccc([N+](=O)[O-])cc2)cc1. The molecule has 7 nitrogen and oxygen atoms in total. The van der Waals surface area contributed by atoms with Crippen molar-refractivity contribution in [3.05, 3.63) is 81.7 Å². The summed E-state index contributed by atoms with van der Waals surface area (Å²) in [6.07, 6.45) is 1.84. The third kappa shape index (κ3) is 4.87. The minimum Gasteiger partial charge on any atom is -0.497 e. The molecule has 3 aromatic rings. The number of nitrogens with zero attached hydrogens (tertiary/aromatic N) is 3. The fourth-order valence-electron chi connectivity index (χ4n) is 2.55. The minimum atomic E-state index is -0.411. The standard InChI is InChI=1S/C19H19N3O4S/c1-26-18-8-4-14(5-9-18)10-21-11-16(12-23)20-19(21)27-13-15-2-6-17(7-3-15)22(24)25/h2-9,11,23H,10,12-13H2,1H3. The van der Waals surface area contributed by atoms with E-state index in [0.29, 0.717) is 18.0 Å². The molecule has 0 atom stereocenters. The Kier molecular flexibility index (Phi) is 6.10. The zero-order valence-corrected chi connectivity index (χ0v) is 15.6. The van der Waals surface area contributed by atoms with E-state index in [2.05, 4.69) is 4.98 Å². The molecule has 27 heavy (non-hydrogen) atoms. The molecule has 1 heterocycles. The number of benzene rings is 2. The van der Waals surface area contributed by atoms with Gasteiger partial charge in [0.05, 0.1) is 24.3 Å². The summed E-state index contributed by atoms with van der Waals surface area (Å²) in [7, 11) is 1.63. The summed E-state index contributed by atoms with van der Waals surface area (Å²) in [4.78, 5) is 14.8. The normalized spacial score (nSPS) is 10.7. The Bertz CT molecular complexity index is 908. The molecule has 1 N–H and O–H groups in total. The van der Waals surface area contributed by atoms with Crippen LogP contribution in [0.5, 0.6) is 5.75 Å². The lowest BCUT2D eigenvalue weighted by Crippen LogP contribution is -2.00. The van der Waals surface area contributed by atoms with Gasteiger partial charge in [-0.15, -0.1) is 0 Å². The van der Waals surface area contributed by atoms with Gasteiger partial charge in [0.2, 0.25) is 0 Å². The smallest absolute Gasteiger partial charge is 0.269 e. The lowest BCUT2D eigenvalue weighted by molar-refractivity contribution is -0.384. The van der Waals surface area contributed by atoms with E-state index in [1.165, 1.54) is 23.9 Å². The van der Waals surface area contributed by atoms with Crippen LogP contribution in [-0.2, 0) is 18.9 Å². The molecular formula is C19H19N3O4S. The van der Waals surface area contributed by atoms with Crippen LogP contribution in [0.1, 0.15) is 16.8 Å². The summed E-state index contributed by atoms with van der Waals surface area (Å²) in [5.74, 6) is 1.43. The summed E-state index contributed by atoms with van der Waals surface area (Å²) >= 11 is 1.52. The molecule has 0 spiro atoms. The van der Waals surface area contributed by atoms with Crippen molar-refractivity contribution in [3.63, 3.8) is 0 Å². The van der Waals surface area contributed by atoms with Crippen LogP contribution in [0.2, 0.25) is 0 Å². The van der Waals surface area contributed by atoms with Crippen LogP contribution in [0.4, 0.5) is 5.69 Å². The van der Waals surface area contributed by atoms with Gasteiger partial charge in [-0.1, -0.05) is 36.0 Å². The van der Waals surface area contributed by atoms with Gasteiger partial charge < -0.3 is 14.4 Å². The van der Waals surface area contributed by atoms with Crippen LogP contribution >= 0.6 is 11.8 Å². The molecule has 0 radical (unpaired) electrons. The first-order chi connectivity index (χ1) is 13.1. The number of imidazole rings is 1. The van der Waals surface area contributed by atoms with Gasteiger partial charge in [0.1, 0.15) is 5.75 Å². The van der Waals surface area contributed by atoms with Gasteiger partial charge in [-0.05, 0) is 23.3 Å². The Labute approximate surface area is 160 Å². The summed E-state index contributed by atoms with van der Waals surface area (Å²) in [5, 5.41) is 20.9. The summed E-state index contributed by atoms with van der Waals surface area (Å²) < 4.78 is 7.17. The van der Waals surface area contributed by atoms with Crippen LogP contribution < -0.4 is 4.74 Å². The Hall–Kier alpha value is -2.84. The van der Waals surface area contributed by atoms with Crippen LogP contribution in [0.3, 0.4) is 0 Å². The first-order valence-corrected chi connectivity index (χ1v) is 9.23. The van der Waals surface area contributed by atoms with E-state index >= 15 is 0 Å². The average Bonchev–Trinajstić information content (AvgIpc) is 3.09. The van der Waals surface area contributed by atoms with Crippen LogP contribution in [0.25, 0.3) is 0 Å². The fourth-order valence-corrected chi connectivity index (χ4v) is 3.50. The molecule has 8 heteroatoms. The number of thioether (sulfide) groups is 1. The summed E-state index contributed by atoms with van der Waals surface area (Å²) in [6, 6.07) is 14.3. The number of hydrogen-bond donors (Lipinski definition) is 1. The second-order valence-corrected chi connectivity index (χ2v) is 6.80. The number of aromatic nitrogens is 2. The van der Waals surface area contributed by atoms with Crippen molar-refractivity contribution in [2.24, 2.45) is 0 Å². The van der Waals surface area contributed by atoms with Gasteiger partial charge in [-0.3, -0.25) is 10.1 Å². The predicted octanol–water partition coefficient (Wildman–Crippen LogP) is 3.63. The summed E-state index contributed by atoms with van der Waals surface area (Å²) in [6.45, 7) is 0.500. The molecule has 0 aliphatic heterocycles. The van der Waals surface area contributed by atoms with Crippen LogP contribution in [-0.4, -0.2) is 26.7 Å². The number of ether oxygens (including phenoxy) is 1. The number of hydrogen-bond acceptors (Lipinski definition) is 6. The Morgan fingerprint density at radius 3 is 2.41 bits per heavy atom. The Morgan fingerprint density at radius 2 is 1.81 bits per heavy atom. The van der Waals surface area contributed by atoms with Crippen molar-refractivity contribution in [2.45, 2.75) is 24.1 Å². The number of nitro benzene ring substituents is 1. The van der Waals surface area contributed by atoms with Gasteiger partial charge in [0, 0.05) is 30.6 Å². The van der Waals surface area contributed by atoms with E-state index in [1.807, 2.05) is 35.0 Å². The number of nitro groups is 1. The molecule has 3 rings (SSSR count). The predicted molar refractivity (Wildman–Crippen MR) is 103 cm³/mol. The second-order valence-electron chi connectivity index (χ2n) is 5.86. The lowest BCUT2D eigenvalue weighted by atomic mass is 10.2. The van der Waals surface area contributed by atoms with Crippen molar-refractivity contribution in [1.82, 2.24) is 9.55 Å². The first-order valence-electron chi connectivity index (χ1n) is 8.25. The van der Waals surface area contributed by atoms with Gasteiger partial charge >= 0.3 is 0 Å². The number of non-ortho nitro benzene ring substituents is 1. The van der Waals surface area contributed by atoms with Gasteiger partial charge in [0.15, 0.2) is 5.16 Å². The maximum Gasteiger partial charge on any atom is 0.269 e. The number of aliphatic hydroxyl groups is 1. The Morgan fingerprint density at radius 1 is 1.15 bits per heavy atom. The molecule has 0 saturated carbocycles. The molecule has 140 valence electrons. The molecule has 0 fully saturated rings. The highest BCUT2D eigenvalue weighted by atomic mass is 32.2. The van der Waals surface area contributed by atoms with E-state index in [9.17, 15) is 15.2 Å².